The quantitative estimate of drug-likeness (QED) is 0.661. The largest absolute Gasteiger partial charge is 0.323 e. The smallest absolute Gasteiger partial charge is 0.251 e. The van der Waals surface area contributed by atoms with Gasteiger partial charge >= 0.3 is 0 Å². The Hall–Kier alpha value is -3.13. The molecular formula is C20H17FN4O2S. The first kappa shape index (κ1) is 18.2. The molecule has 0 saturated heterocycles. The zero-order chi connectivity index (χ0) is 19.9. The second-order valence-electron chi connectivity index (χ2n) is 6.60. The number of amides is 2. The summed E-state index contributed by atoms with van der Waals surface area (Å²) in [4.78, 5) is 26.5. The van der Waals surface area contributed by atoms with E-state index < -0.39 is 16.6 Å². The molecule has 4 rings (SSSR count). The van der Waals surface area contributed by atoms with Crippen LogP contribution in [0.3, 0.4) is 0 Å². The van der Waals surface area contributed by atoms with Gasteiger partial charge in [0.15, 0.2) is 4.75 Å². The molecule has 2 aromatic carbocycles. The summed E-state index contributed by atoms with van der Waals surface area (Å²) in [7, 11) is 0. The average molecular weight is 396 g/mol. The van der Waals surface area contributed by atoms with Crippen molar-refractivity contribution < 1.29 is 14.0 Å². The van der Waals surface area contributed by atoms with Gasteiger partial charge in [-0.05, 0) is 50.2 Å². The van der Waals surface area contributed by atoms with Crippen LogP contribution in [0, 0.1) is 12.7 Å². The average Bonchev–Trinajstić information content (AvgIpc) is 3.03. The minimum atomic E-state index is -1.35. The van der Waals surface area contributed by atoms with Crippen LogP contribution in [0.2, 0.25) is 0 Å². The minimum absolute atomic E-state index is 0.361. The first-order valence-corrected chi connectivity index (χ1v) is 9.42. The van der Waals surface area contributed by atoms with Crippen LogP contribution in [-0.2, 0) is 9.59 Å². The Balaban J connectivity index is 1.64. The molecule has 2 amide bonds. The SMILES string of the molecule is Cc1cc(NC(=O)C2(C)Sc3ccccc3NC2=O)n(-c2ccc(F)cc2)n1. The molecule has 0 bridgehead atoms. The molecule has 0 radical (unpaired) electrons. The van der Waals surface area contributed by atoms with E-state index in [1.54, 1.807) is 38.1 Å². The Bertz CT molecular complexity index is 1080. The number of para-hydroxylation sites is 1. The van der Waals surface area contributed by atoms with Crippen LogP contribution < -0.4 is 10.6 Å². The zero-order valence-corrected chi connectivity index (χ0v) is 16.0. The van der Waals surface area contributed by atoms with Gasteiger partial charge in [-0.2, -0.15) is 5.10 Å². The summed E-state index contributed by atoms with van der Waals surface area (Å²) in [5.74, 6) is -0.812. The minimum Gasteiger partial charge on any atom is -0.323 e. The number of nitrogens with one attached hydrogen (secondary N) is 2. The van der Waals surface area contributed by atoms with E-state index in [9.17, 15) is 14.0 Å². The maximum atomic E-state index is 13.2. The number of benzene rings is 2. The van der Waals surface area contributed by atoms with Crippen molar-refractivity contribution >= 4 is 35.1 Å². The van der Waals surface area contributed by atoms with Crippen molar-refractivity contribution in [1.29, 1.82) is 0 Å². The van der Waals surface area contributed by atoms with Gasteiger partial charge < -0.3 is 10.6 Å². The number of carbonyl (C=O) groups is 2. The molecule has 0 saturated carbocycles. The van der Waals surface area contributed by atoms with Crippen molar-refractivity contribution in [3.63, 3.8) is 0 Å². The Labute approximate surface area is 165 Å². The van der Waals surface area contributed by atoms with Gasteiger partial charge in [0, 0.05) is 11.0 Å². The molecule has 1 unspecified atom stereocenters. The lowest BCUT2D eigenvalue weighted by Crippen LogP contribution is -2.49. The zero-order valence-electron chi connectivity index (χ0n) is 15.2. The van der Waals surface area contributed by atoms with Crippen molar-refractivity contribution in [2.45, 2.75) is 23.5 Å². The predicted octanol–water partition coefficient (Wildman–Crippen LogP) is 3.76. The fourth-order valence-electron chi connectivity index (χ4n) is 2.92. The highest BCUT2D eigenvalue weighted by atomic mass is 32.2. The Morgan fingerprint density at radius 1 is 1.21 bits per heavy atom. The van der Waals surface area contributed by atoms with Crippen LogP contribution in [0.25, 0.3) is 5.69 Å². The van der Waals surface area contributed by atoms with E-state index in [2.05, 4.69) is 15.7 Å². The molecule has 2 heterocycles. The van der Waals surface area contributed by atoms with Crippen LogP contribution in [-0.4, -0.2) is 26.3 Å². The second-order valence-corrected chi connectivity index (χ2v) is 8.06. The highest BCUT2D eigenvalue weighted by molar-refractivity contribution is 8.02. The molecule has 1 atom stereocenters. The molecule has 3 aromatic rings. The van der Waals surface area contributed by atoms with E-state index in [0.29, 0.717) is 22.9 Å². The number of aryl methyl sites for hydroxylation is 1. The fourth-order valence-corrected chi connectivity index (χ4v) is 4.02. The lowest BCUT2D eigenvalue weighted by atomic mass is 10.1. The normalized spacial score (nSPS) is 18.3. The third kappa shape index (κ3) is 3.16. The summed E-state index contributed by atoms with van der Waals surface area (Å²) in [6, 6.07) is 14.8. The lowest BCUT2D eigenvalue weighted by Gasteiger charge is -2.31. The monoisotopic (exact) mass is 396 g/mol. The Kier molecular flexibility index (Phi) is 4.43. The number of rotatable bonds is 3. The first-order valence-electron chi connectivity index (χ1n) is 8.60. The summed E-state index contributed by atoms with van der Waals surface area (Å²) in [5.41, 5.74) is 1.96. The number of hydrogen-bond acceptors (Lipinski definition) is 4. The number of nitrogens with zero attached hydrogens (tertiary/aromatic N) is 2. The van der Waals surface area contributed by atoms with E-state index in [1.165, 1.54) is 28.6 Å². The fraction of sp³-hybridized carbons (Fsp3) is 0.150. The Morgan fingerprint density at radius 3 is 2.68 bits per heavy atom. The van der Waals surface area contributed by atoms with Gasteiger partial charge in [-0.25, -0.2) is 9.07 Å². The number of hydrogen-bond donors (Lipinski definition) is 2. The molecule has 1 aromatic heterocycles. The molecule has 1 aliphatic rings. The van der Waals surface area contributed by atoms with Crippen LogP contribution >= 0.6 is 11.8 Å². The number of aromatic nitrogens is 2. The molecule has 0 fully saturated rings. The third-order valence-corrected chi connectivity index (χ3v) is 5.82. The summed E-state index contributed by atoms with van der Waals surface area (Å²) in [6.45, 7) is 3.37. The topological polar surface area (TPSA) is 76.0 Å². The van der Waals surface area contributed by atoms with Gasteiger partial charge in [0.2, 0.25) is 5.91 Å². The highest BCUT2D eigenvalue weighted by Crippen LogP contribution is 2.42. The van der Waals surface area contributed by atoms with E-state index in [4.69, 9.17) is 0 Å². The summed E-state index contributed by atoms with van der Waals surface area (Å²) >= 11 is 1.20. The number of anilines is 2. The van der Waals surface area contributed by atoms with Gasteiger partial charge in [0.1, 0.15) is 11.6 Å². The van der Waals surface area contributed by atoms with Crippen molar-refractivity contribution in [3.8, 4) is 5.69 Å². The Morgan fingerprint density at radius 2 is 1.93 bits per heavy atom. The van der Waals surface area contributed by atoms with Crippen molar-refractivity contribution in [2.24, 2.45) is 0 Å². The van der Waals surface area contributed by atoms with Gasteiger partial charge in [-0.15, -0.1) is 0 Å². The number of carbonyl (C=O) groups excluding carboxylic acids is 2. The number of fused-ring (bicyclic) bond motifs is 1. The maximum Gasteiger partial charge on any atom is 0.251 e. The molecule has 28 heavy (non-hydrogen) atoms. The van der Waals surface area contributed by atoms with Crippen molar-refractivity contribution in [3.05, 3.63) is 66.1 Å². The number of halogens is 1. The standard InChI is InChI=1S/C20H17FN4O2S/c1-12-11-17(25(24-12)14-9-7-13(21)8-10-14)23-19(27)20(2)18(26)22-15-5-3-4-6-16(15)28-20/h3-11H,1-2H3,(H,22,26)(H,23,27). The molecule has 2 N–H and O–H groups in total. The molecule has 0 spiro atoms. The lowest BCUT2D eigenvalue weighted by molar-refractivity contribution is -0.126. The maximum absolute atomic E-state index is 13.2. The molecule has 0 aliphatic carbocycles. The van der Waals surface area contributed by atoms with Gasteiger partial charge in [0.05, 0.1) is 17.1 Å². The van der Waals surface area contributed by atoms with Crippen LogP contribution in [0.15, 0.2) is 59.5 Å². The third-order valence-electron chi connectivity index (χ3n) is 4.46. The number of thioether (sulfide) groups is 1. The molecule has 142 valence electrons. The van der Waals surface area contributed by atoms with Crippen molar-refractivity contribution in [2.75, 3.05) is 10.6 Å². The summed E-state index contributed by atoms with van der Waals surface area (Å²) in [5, 5.41) is 9.95. The van der Waals surface area contributed by atoms with Crippen molar-refractivity contribution in [1.82, 2.24) is 9.78 Å². The van der Waals surface area contributed by atoms with E-state index in [-0.39, 0.29) is 5.82 Å². The predicted molar refractivity (Wildman–Crippen MR) is 106 cm³/mol. The summed E-state index contributed by atoms with van der Waals surface area (Å²) < 4.78 is 13.4. The summed E-state index contributed by atoms with van der Waals surface area (Å²) in [6.07, 6.45) is 0. The van der Waals surface area contributed by atoms with Crippen LogP contribution in [0.1, 0.15) is 12.6 Å². The van der Waals surface area contributed by atoms with E-state index in [0.717, 1.165) is 4.90 Å². The highest BCUT2D eigenvalue weighted by Gasteiger charge is 2.46. The van der Waals surface area contributed by atoms with Gasteiger partial charge in [0.25, 0.3) is 5.91 Å². The molecule has 6 nitrogen and oxygen atoms in total. The molecular weight excluding hydrogens is 379 g/mol. The van der Waals surface area contributed by atoms with Gasteiger partial charge in [-0.3, -0.25) is 9.59 Å². The van der Waals surface area contributed by atoms with Crippen LogP contribution in [0.5, 0.6) is 0 Å². The molecule has 8 heteroatoms. The molecule has 1 aliphatic heterocycles. The second kappa shape index (κ2) is 6.79. The first-order chi connectivity index (χ1) is 13.4. The van der Waals surface area contributed by atoms with E-state index in [1.807, 2.05) is 18.2 Å². The van der Waals surface area contributed by atoms with Gasteiger partial charge in [-0.1, -0.05) is 23.9 Å². The van der Waals surface area contributed by atoms with E-state index >= 15 is 0 Å². The van der Waals surface area contributed by atoms with Crippen LogP contribution in [0.4, 0.5) is 15.9 Å².